The second kappa shape index (κ2) is 4.85. The number of carbonyl (C=O) groups excluding carboxylic acids is 1. The van der Waals surface area contributed by atoms with E-state index in [2.05, 4.69) is 0 Å². The van der Waals surface area contributed by atoms with Gasteiger partial charge in [-0.25, -0.2) is 0 Å². The summed E-state index contributed by atoms with van der Waals surface area (Å²) in [6.45, 7) is 5.89. The van der Waals surface area contributed by atoms with Crippen LogP contribution < -0.4 is 0 Å². The number of carbonyl (C=O) groups is 2. The number of carboxylic acid groups (broad SMARTS) is 1. The van der Waals surface area contributed by atoms with Crippen molar-refractivity contribution in [1.29, 1.82) is 0 Å². The van der Waals surface area contributed by atoms with Crippen molar-refractivity contribution in [2.45, 2.75) is 39.7 Å². The van der Waals surface area contributed by atoms with Gasteiger partial charge in [-0.2, -0.15) is 0 Å². The standard InChI is InChI=1S/C12H21NO3/c1-7(2)13(4)11(14)9-5-8(3)6-10(9)12(15)16/h7-10H,5-6H2,1-4H3,(H,15,16). The van der Waals surface area contributed by atoms with Crippen molar-refractivity contribution in [2.75, 3.05) is 7.05 Å². The molecule has 1 aliphatic rings. The second-order valence-electron chi connectivity index (χ2n) is 5.17. The Morgan fingerprint density at radius 2 is 1.75 bits per heavy atom. The number of hydrogen-bond acceptors (Lipinski definition) is 2. The summed E-state index contributed by atoms with van der Waals surface area (Å²) in [7, 11) is 1.74. The van der Waals surface area contributed by atoms with Crippen molar-refractivity contribution in [3.63, 3.8) is 0 Å². The molecular formula is C12H21NO3. The Kier molecular flexibility index (Phi) is 3.94. The molecule has 1 amide bonds. The summed E-state index contributed by atoms with van der Waals surface area (Å²) in [6.07, 6.45) is 1.32. The maximum absolute atomic E-state index is 12.1. The van der Waals surface area contributed by atoms with Crippen LogP contribution in [0.25, 0.3) is 0 Å². The maximum Gasteiger partial charge on any atom is 0.307 e. The van der Waals surface area contributed by atoms with Gasteiger partial charge < -0.3 is 10.0 Å². The molecule has 92 valence electrons. The largest absolute Gasteiger partial charge is 0.481 e. The molecule has 4 heteroatoms. The molecule has 1 rings (SSSR count). The van der Waals surface area contributed by atoms with Gasteiger partial charge in [0.25, 0.3) is 0 Å². The first-order chi connectivity index (χ1) is 7.34. The first-order valence-electron chi connectivity index (χ1n) is 5.84. The summed E-state index contributed by atoms with van der Waals surface area (Å²) in [5.41, 5.74) is 0. The van der Waals surface area contributed by atoms with Crippen LogP contribution in [-0.2, 0) is 9.59 Å². The topological polar surface area (TPSA) is 57.6 Å². The fourth-order valence-corrected chi connectivity index (χ4v) is 2.35. The Bertz CT molecular complexity index is 288. The molecule has 0 aliphatic heterocycles. The third-order valence-corrected chi connectivity index (χ3v) is 3.55. The Balaban J connectivity index is 2.78. The van der Waals surface area contributed by atoms with Crippen LogP contribution in [0.5, 0.6) is 0 Å². The Morgan fingerprint density at radius 1 is 1.25 bits per heavy atom. The zero-order chi connectivity index (χ0) is 12.5. The smallest absolute Gasteiger partial charge is 0.307 e. The third kappa shape index (κ3) is 2.54. The highest BCUT2D eigenvalue weighted by Gasteiger charge is 2.42. The number of nitrogens with zero attached hydrogens (tertiary/aromatic N) is 1. The number of amides is 1. The molecule has 3 unspecified atom stereocenters. The lowest BCUT2D eigenvalue weighted by molar-refractivity contribution is -0.149. The van der Waals surface area contributed by atoms with E-state index in [1.165, 1.54) is 0 Å². The molecule has 0 heterocycles. The lowest BCUT2D eigenvalue weighted by Gasteiger charge is -2.26. The lowest BCUT2D eigenvalue weighted by Crippen LogP contribution is -2.40. The predicted molar refractivity (Wildman–Crippen MR) is 60.9 cm³/mol. The van der Waals surface area contributed by atoms with E-state index >= 15 is 0 Å². The average molecular weight is 227 g/mol. The molecule has 0 radical (unpaired) electrons. The maximum atomic E-state index is 12.1. The van der Waals surface area contributed by atoms with Crippen LogP contribution >= 0.6 is 0 Å². The molecule has 0 aromatic rings. The van der Waals surface area contributed by atoms with Gasteiger partial charge in [-0.3, -0.25) is 9.59 Å². The molecule has 0 spiro atoms. The summed E-state index contributed by atoms with van der Waals surface area (Å²) in [4.78, 5) is 24.8. The van der Waals surface area contributed by atoms with E-state index in [4.69, 9.17) is 5.11 Å². The van der Waals surface area contributed by atoms with E-state index in [0.29, 0.717) is 18.8 Å². The minimum Gasteiger partial charge on any atom is -0.481 e. The van der Waals surface area contributed by atoms with Crippen molar-refractivity contribution in [3.05, 3.63) is 0 Å². The molecule has 1 N–H and O–H groups in total. The zero-order valence-corrected chi connectivity index (χ0v) is 10.4. The molecule has 0 saturated heterocycles. The fourth-order valence-electron chi connectivity index (χ4n) is 2.35. The monoisotopic (exact) mass is 227 g/mol. The SMILES string of the molecule is CC1CC(C(=O)O)C(C(=O)N(C)C(C)C)C1. The molecule has 0 aromatic heterocycles. The van der Waals surface area contributed by atoms with Gasteiger partial charge in [0.05, 0.1) is 11.8 Å². The minimum absolute atomic E-state index is 0.0215. The first-order valence-corrected chi connectivity index (χ1v) is 5.84. The molecule has 1 fully saturated rings. The molecular weight excluding hydrogens is 206 g/mol. The van der Waals surface area contributed by atoms with E-state index in [0.717, 1.165) is 0 Å². The van der Waals surface area contributed by atoms with E-state index in [1.54, 1.807) is 11.9 Å². The Hall–Kier alpha value is -1.06. The van der Waals surface area contributed by atoms with Crippen LogP contribution in [0.4, 0.5) is 0 Å². The van der Waals surface area contributed by atoms with Crippen molar-refractivity contribution in [3.8, 4) is 0 Å². The number of hydrogen-bond donors (Lipinski definition) is 1. The number of rotatable bonds is 3. The second-order valence-corrected chi connectivity index (χ2v) is 5.17. The van der Waals surface area contributed by atoms with Crippen LogP contribution in [0.15, 0.2) is 0 Å². The van der Waals surface area contributed by atoms with Crippen LogP contribution in [0.2, 0.25) is 0 Å². The van der Waals surface area contributed by atoms with Gasteiger partial charge in [0.2, 0.25) is 5.91 Å². The highest BCUT2D eigenvalue weighted by Crippen LogP contribution is 2.37. The normalized spacial score (nSPS) is 29.4. The molecule has 16 heavy (non-hydrogen) atoms. The fraction of sp³-hybridized carbons (Fsp3) is 0.833. The van der Waals surface area contributed by atoms with Crippen LogP contribution in [-0.4, -0.2) is 35.0 Å². The first kappa shape index (κ1) is 13.0. The quantitative estimate of drug-likeness (QED) is 0.796. The molecule has 1 aliphatic carbocycles. The number of aliphatic carboxylic acids is 1. The van der Waals surface area contributed by atoms with Crippen LogP contribution in [0.1, 0.15) is 33.6 Å². The van der Waals surface area contributed by atoms with Crippen molar-refractivity contribution < 1.29 is 14.7 Å². The van der Waals surface area contributed by atoms with Gasteiger partial charge in [-0.1, -0.05) is 6.92 Å². The summed E-state index contributed by atoms with van der Waals surface area (Å²) < 4.78 is 0. The van der Waals surface area contributed by atoms with Gasteiger partial charge in [-0.05, 0) is 32.6 Å². The average Bonchev–Trinajstić information content (AvgIpc) is 2.58. The van der Waals surface area contributed by atoms with Crippen molar-refractivity contribution >= 4 is 11.9 Å². The molecule has 4 nitrogen and oxygen atoms in total. The summed E-state index contributed by atoms with van der Waals surface area (Å²) >= 11 is 0. The van der Waals surface area contributed by atoms with Crippen LogP contribution in [0.3, 0.4) is 0 Å². The van der Waals surface area contributed by atoms with E-state index < -0.39 is 11.9 Å². The molecule has 1 saturated carbocycles. The highest BCUT2D eigenvalue weighted by atomic mass is 16.4. The summed E-state index contributed by atoms with van der Waals surface area (Å²) in [6, 6.07) is 0.123. The summed E-state index contributed by atoms with van der Waals surface area (Å²) in [5, 5.41) is 9.10. The van der Waals surface area contributed by atoms with Gasteiger partial charge in [0, 0.05) is 13.1 Å². The Labute approximate surface area is 96.6 Å². The highest BCUT2D eigenvalue weighted by molar-refractivity contribution is 5.85. The zero-order valence-electron chi connectivity index (χ0n) is 10.4. The van der Waals surface area contributed by atoms with Gasteiger partial charge in [0.15, 0.2) is 0 Å². The predicted octanol–water partition coefficient (Wildman–Crippen LogP) is 1.60. The number of carboxylic acids is 1. The molecule has 0 aromatic carbocycles. The minimum atomic E-state index is -0.833. The molecule has 0 bridgehead atoms. The van der Waals surface area contributed by atoms with E-state index in [-0.39, 0.29) is 17.9 Å². The summed E-state index contributed by atoms with van der Waals surface area (Å²) in [5.74, 6) is -1.36. The van der Waals surface area contributed by atoms with Gasteiger partial charge in [0.1, 0.15) is 0 Å². The van der Waals surface area contributed by atoms with Crippen LogP contribution in [0, 0.1) is 17.8 Å². The third-order valence-electron chi connectivity index (χ3n) is 3.55. The van der Waals surface area contributed by atoms with E-state index in [9.17, 15) is 9.59 Å². The van der Waals surface area contributed by atoms with Crippen molar-refractivity contribution in [1.82, 2.24) is 4.90 Å². The van der Waals surface area contributed by atoms with Crippen molar-refractivity contribution in [2.24, 2.45) is 17.8 Å². The lowest BCUT2D eigenvalue weighted by atomic mass is 9.94. The Morgan fingerprint density at radius 3 is 2.19 bits per heavy atom. The van der Waals surface area contributed by atoms with Gasteiger partial charge in [-0.15, -0.1) is 0 Å². The van der Waals surface area contributed by atoms with Gasteiger partial charge >= 0.3 is 5.97 Å². The molecule has 3 atom stereocenters. The van der Waals surface area contributed by atoms with E-state index in [1.807, 2.05) is 20.8 Å².